The van der Waals surface area contributed by atoms with Crippen molar-refractivity contribution in [2.24, 2.45) is 0 Å². The number of imidazole rings is 1. The van der Waals surface area contributed by atoms with Gasteiger partial charge in [-0.15, -0.1) is 0 Å². The second-order valence-corrected chi connectivity index (χ2v) is 6.11. The van der Waals surface area contributed by atoms with E-state index in [-0.39, 0.29) is 18.3 Å². The molecule has 0 aliphatic heterocycles. The number of aryl methyl sites for hydroxylation is 1. The van der Waals surface area contributed by atoms with Crippen LogP contribution in [-0.4, -0.2) is 30.6 Å². The number of rotatable bonds is 5. The molecule has 0 bridgehead atoms. The first-order valence-corrected chi connectivity index (χ1v) is 8.41. The molecule has 28 heavy (non-hydrogen) atoms. The number of carbonyl (C=O) groups is 1. The average molecular weight is 378 g/mol. The molecule has 0 radical (unpaired) electrons. The van der Waals surface area contributed by atoms with Crippen LogP contribution in [0, 0.1) is 12.7 Å². The minimum absolute atomic E-state index is 0.00973. The third-order valence-corrected chi connectivity index (χ3v) is 3.98. The van der Waals surface area contributed by atoms with E-state index in [1.54, 1.807) is 54.3 Å². The van der Waals surface area contributed by atoms with E-state index in [4.69, 9.17) is 4.52 Å². The summed E-state index contributed by atoms with van der Waals surface area (Å²) in [6.45, 7) is 1.67. The highest BCUT2D eigenvalue weighted by molar-refractivity contribution is 5.90. The van der Waals surface area contributed by atoms with E-state index >= 15 is 0 Å². The van der Waals surface area contributed by atoms with Crippen molar-refractivity contribution in [3.63, 3.8) is 0 Å². The van der Waals surface area contributed by atoms with Crippen LogP contribution in [0.1, 0.15) is 5.56 Å². The van der Waals surface area contributed by atoms with Gasteiger partial charge in [0.2, 0.25) is 11.7 Å². The number of benzene rings is 1. The van der Waals surface area contributed by atoms with Gasteiger partial charge in [0.05, 0.1) is 11.9 Å². The summed E-state index contributed by atoms with van der Waals surface area (Å²) in [6, 6.07) is 8.12. The standard InChI is InChI=1S/C19H15FN6O2/c1-12-4-5-14(7-15(12)20)23-17(27)10-26-9-16(22-11-26)18-24-19(28-25-18)13-3-2-6-21-8-13/h2-9,11H,10H2,1H3,(H,23,27). The zero-order chi connectivity index (χ0) is 19.5. The van der Waals surface area contributed by atoms with Crippen LogP contribution in [0.5, 0.6) is 0 Å². The average Bonchev–Trinajstić information content (AvgIpc) is 3.35. The maximum Gasteiger partial charge on any atom is 0.259 e. The number of nitrogens with zero attached hydrogens (tertiary/aromatic N) is 5. The number of carbonyl (C=O) groups excluding carboxylic acids is 1. The number of hydrogen-bond acceptors (Lipinski definition) is 6. The minimum atomic E-state index is -0.371. The third-order valence-electron chi connectivity index (χ3n) is 3.98. The number of nitrogens with one attached hydrogen (secondary N) is 1. The van der Waals surface area contributed by atoms with E-state index in [1.165, 1.54) is 12.4 Å². The van der Waals surface area contributed by atoms with Crippen LogP contribution in [0.2, 0.25) is 0 Å². The maximum atomic E-state index is 13.6. The Bertz CT molecular complexity index is 1120. The van der Waals surface area contributed by atoms with Gasteiger partial charge in [0, 0.05) is 24.3 Å². The zero-order valence-electron chi connectivity index (χ0n) is 14.8. The van der Waals surface area contributed by atoms with Crippen LogP contribution in [0.25, 0.3) is 23.0 Å². The Morgan fingerprint density at radius 1 is 1.32 bits per heavy atom. The summed E-state index contributed by atoms with van der Waals surface area (Å²) in [5.74, 6) is -0.0454. The molecule has 4 aromatic rings. The second kappa shape index (κ2) is 7.39. The molecule has 0 fully saturated rings. The maximum absolute atomic E-state index is 13.6. The summed E-state index contributed by atoms with van der Waals surface area (Å²) < 4.78 is 20.4. The summed E-state index contributed by atoms with van der Waals surface area (Å²) in [5.41, 5.74) is 2.08. The Balaban J connectivity index is 1.44. The molecular weight excluding hydrogens is 363 g/mol. The monoisotopic (exact) mass is 378 g/mol. The van der Waals surface area contributed by atoms with Crippen molar-refractivity contribution in [2.45, 2.75) is 13.5 Å². The predicted molar refractivity (Wildman–Crippen MR) is 98.5 cm³/mol. The third kappa shape index (κ3) is 3.78. The molecule has 3 aromatic heterocycles. The van der Waals surface area contributed by atoms with Crippen molar-refractivity contribution >= 4 is 11.6 Å². The topological polar surface area (TPSA) is 98.7 Å². The molecular formula is C19H15FN6O2. The second-order valence-electron chi connectivity index (χ2n) is 6.11. The Hall–Kier alpha value is -3.88. The highest BCUT2D eigenvalue weighted by Crippen LogP contribution is 2.20. The number of hydrogen-bond donors (Lipinski definition) is 1. The van der Waals surface area contributed by atoms with Crippen LogP contribution >= 0.6 is 0 Å². The van der Waals surface area contributed by atoms with E-state index in [2.05, 4.69) is 25.4 Å². The lowest BCUT2D eigenvalue weighted by atomic mass is 10.2. The SMILES string of the molecule is Cc1ccc(NC(=O)Cn2cnc(-c3noc(-c4cccnc4)n3)c2)cc1F. The number of amides is 1. The van der Waals surface area contributed by atoms with E-state index < -0.39 is 0 Å². The first-order chi connectivity index (χ1) is 13.6. The van der Waals surface area contributed by atoms with Crippen LogP contribution < -0.4 is 5.32 Å². The van der Waals surface area contributed by atoms with E-state index in [9.17, 15) is 9.18 Å². The lowest BCUT2D eigenvalue weighted by Gasteiger charge is -2.06. The van der Waals surface area contributed by atoms with Gasteiger partial charge < -0.3 is 14.4 Å². The van der Waals surface area contributed by atoms with Gasteiger partial charge >= 0.3 is 0 Å². The molecule has 1 amide bonds. The number of anilines is 1. The highest BCUT2D eigenvalue weighted by atomic mass is 19.1. The Kier molecular flexibility index (Phi) is 4.63. The molecule has 0 saturated carbocycles. The number of halogens is 1. The number of pyridine rings is 1. The quantitative estimate of drug-likeness (QED) is 0.573. The van der Waals surface area contributed by atoms with Crippen LogP contribution in [0.3, 0.4) is 0 Å². The van der Waals surface area contributed by atoms with Gasteiger partial charge in [0.15, 0.2) is 0 Å². The Morgan fingerprint density at radius 3 is 3.00 bits per heavy atom. The van der Waals surface area contributed by atoms with Gasteiger partial charge in [0.1, 0.15) is 18.1 Å². The Morgan fingerprint density at radius 2 is 2.21 bits per heavy atom. The fourth-order valence-corrected chi connectivity index (χ4v) is 2.53. The first-order valence-electron chi connectivity index (χ1n) is 8.41. The van der Waals surface area contributed by atoms with Gasteiger partial charge in [-0.05, 0) is 36.8 Å². The van der Waals surface area contributed by atoms with Crippen LogP contribution in [-0.2, 0) is 11.3 Å². The van der Waals surface area contributed by atoms with Crippen molar-refractivity contribution in [2.75, 3.05) is 5.32 Å². The van der Waals surface area contributed by atoms with Gasteiger partial charge in [-0.25, -0.2) is 9.37 Å². The zero-order valence-corrected chi connectivity index (χ0v) is 14.8. The molecule has 0 aliphatic carbocycles. The summed E-state index contributed by atoms with van der Waals surface area (Å²) in [4.78, 5) is 24.7. The van der Waals surface area contributed by atoms with Crippen LogP contribution in [0.15, 0.2) is 59.8 Å². The highest BCUT2D eigenvalue weighted by Gasteiger charge is 2.14. The van der Waals surface area contributed by atoms with E-state index in [0.29, 0.717) is 34.2 Å². The Labute approximate surface area is 159 Å². The van der Waals surface area contributed by atoms with Crippen molar-refractivity contribution < 1.29 is 13.7 Å². The van der Waals surface area contributed by atoms with Crippen LogP contribution in [0.4, 0.5) is 10.1 Å². The predicted octanol–water partition coefficient (Wildman–Crippen LogP) is 3.08. The van der Waals surface area contributed by atoms with Gasteiger partial charge in [-0.1, -0.05) is 11.2 Å². The van der Waals surface area contributed by atoms with E-state index in [1.807, 2.05) is 0 Å². The summed E-state index contributed by atoms with van der Waals surface area (Å²) in [6.07, 6.45) is 6.39. The fourth-order valence-electron chi connectivity index (χ4n) is 2.53. The smallest absolute Gasteiger partial charge is 0.259 e. The molecule has 1 N–H and O–H groups in total. The van der Waals surface area contributed by atoms with Gasteiger partial charge in [-0.3, -0.25) is 9.78 Å². The van der Waals surface area contributed by atoms with E-state index in [0.717, 1.165) is 0 Å². The summed E-state index contributed by atoms with van der Waals surface area (Å²) in [7, 11) is 0. The van der Waals surface area contributed by atoms with Gasteiger partial charge in [-0.2, -0.15) is 4.98 Å². The molecule has 0 atom stereocenters. The molecule has 0 spiro atoms. The van der Waals surface area contributed by atoms with Crippen molar-refractivity contribution in [1.29, 1.82) is 0 Å². The molecule has 1 aromatic carbocycles. The van der Waals surface area contributed by atoms with Crippen molar-refractivity contribution in [3.8, 4) is 23.0 Å². The minimum Gasteiger partial charge on any atom is -0.333 e. The molecule has 0 unspecified atom stereocenters. The normalized spacial score (nSPS) is 10.8. The molecule has 0 saturated heterocycles. The molecule has 8 nitrogen and oxygen atoms in total. The summed E-state index contributed by atoms with van der Waals surface area (Å²) >= 11 is 0. The summed E-state index contributed by atoms with van der Waals surface area (Å²) in [5, 5.41) is 6.56. The molecule has 140 valence electrons. The first kappa shape index (κ1) is 17.5. The lowest BCUT2D eigenvalue weighted by molar-refractivity contribution is -0.116. The molecule has 9 heteroatoms. The number of aromatic nitrogens is 5. The lowest BCUT2D eigenvalue weighted by Crippen LogP contribution is -2.18. The van der Waals surface area contributed by atoms with Gasteiger partial charge in [0.25, 0.3) is 5.89 Å². The van der Waals surface area contributed by atoms with Crippen molar-refractivity contribution in [1.82, 2.24) is 24.7 Å². The molecule has 3 heterocycles. The molecule has 0 aliphatic rings. The molecule has 4 rings (SSSR count). The largest absolute Gasteiger partial charge is 0.333 e. The van der Waals surface area contributed by atoms with Crippen molar-refractivity contribution in [3.05, 3.63) is 66.6 Å². The fraction of sp³-hybridized carbons (Fsp3) is 0.105.